The van der Waals surface area contributed by atoms with E-state index >= 15 is 0 Å². The Morgan fingerprint density at radius 3 is 2.88 bits per heavy atom. The highest BCUT2D eigenvalue weighted by atomic mass is 35.5. The van der Waals surface area contributed by atoms with Crippen LogP contribution in [-0.4, -0.2) is 22.5 Å². The van der Waals surface area contributed by atoms with Crippen molar-refractivity contribution < 1.29 is 18.1 Å². The third kappa shape index (κ3) is 3.15. The third-order valence-electron chi connectivity index (χ3n) is 4.17. The van der Waals surface area contributed by atoms with Crippen LogP contribution in [0.15, 0.2) is 22.7 Å². The van der Waals surface area contributed by atoms with Crippen molar-refractivity contribution in [1.29, 1.82) is 0 Å². The van der Waals surface area contributed by atoms with Gasteiger partial charge in [-0.25, -0.2) is 8.78 Å². The molecule has 1 aliphatic heterocycles. The van der Waals surface area contributed by atoms with Crippen LogP contribution in [-0.2, 0) is 6.42 Å². The van der Waals surface area contributed by atoms with Gasteiger partial charge in [-0.15, -0.1) is 0 Å². The molecule has 3 rings (SSSR count). The summed E-state index contributed by atoms with van der Waals surface area (Å²) >= 11 is 5.93. The van der Waals surface area contributed by atoms with Crippen molar-refractivity contribution in [1.82, 2.24) is 10.1 Å². The maximum atomic E-state index is 13.5. The maximum Gasteiger partial charge on any atom is 0.256 e. The number of aryl methyl sites for hydroxylation is 1. The minimum Gasteiger partial charge on any atom is -0.361 e. The summed E-state index contributed by atoms with van der Waals surface area (Å²) in [5.74, 6) is -1.82. The van der Waals surface area contributed by atoms with Crippen LogP contribution in [0.4, 0.5) is 8.78 Å². The second kappa shape index (κ2) is 6.89. The average molecular weight is 355 g/mol. The largest absolute Gasteiger partial charge is 0.361 e. The summed E-state index contributed by atoms with van der Waals surface area (Å²) in [5.41, 5.74) is 0.641. The van der Waals surface area contributed by atoms with Crippen molar-refractivity contribution in [2.24, 2.45) is 0 Å². The zero-order valence-electron chi connectivity index (χ0n) is 13.2. The standard InChI is InChI=1S/C17H17ClF2N2O2/c1-2-4-10-7-15(21-24-10)16-5-3-6-22(16)17(23)11-8-13(19)14(20)9-12(11)18/h7-9,16H,2-6H2,1H3/t16-/m1/s1. The van der Waals surface area contributed by atoms with Crippen molar-refractivity contribution in [3.8, 4) is 0 Å². The number of hydrogen-bond donors (Lipinski definition) is 0. The van der Waals surface area contributed by atoms with Crippen molar-refractivity contribution in [3.63, 3.8) is 0 Å². The molecule has 1 fully saturated rings. The molecule has 0 unspecified atom stereocenters. The normalized spacial score (nSPS) is 17.5. The molecular formula is C17H17ClF2N2O2. The lowest BCUT2D eigenvalue weighted by Crippen LogP contribution is -2.31. The van der Waals surface area contributed by atoms with Gasteiger partial charge in [0.1, 0.15) is 11.5 Å². The van der Waals surface area contributed by atoms with Gasteiger partial charge in [0.15, 0.2) is 11.6 Å². The van der Waals surface area contributed by atoms with Crippen LogP contribution in [0, 0.1) is 11.6 Å². The molecule has 0 saturated carbocycles. The quantitative estimate of drug-likeness (QED) is 0.757. The molecule has 2 aromatic rings. The average Bonchev–Trinajstić information content (AvgIpc) is 3.19. The van der Waals surface area contributed by atoms with Crippen LogP contribution in [0.5, 0.6) is 0 Å². The van der Waals surface area contributed by atoms with E-state index in [4.69, 9.17) is 16.1 Å². The van der Waals surface area contributed by atoms with Crippen LogP contribution in [0.1, 0.15) is 54.0 Å². The Kier molecular flexibility index (Phi) is 4.85. The summed E-state index contributed by atoms with van der Waals surface area (Å²) in [6.45, 7) is 2.55. The van der Waals surface area contributed by atoms with Crippen molar-refractivity contribution in [2.75, 3.05) is 6.54 Å². The van der Waals surface area contributed by atoms with Crippen molar-refractivity contribution >= 4 is 17.5 Å². The van der Waals surface area contributed by atoms with Gasteiger partial charge in [0.2, 0.25) is 0 Å². The Morgan fingerprint density at radius 1 is 1.38 bits per heavy atom. The number of halogens is 3. The monoisotopic (exact) mass is 354 g/mol. The molecule has 0 aliphatic carbocycles. The third-order valence-corrected chi connectivity index (χ3v) is 4.48. The van der Waals surface area contributed by atoms with Crippen LogP contribution >= 0.6 is 11.6 Å². The highest BCUT2D eigenvalue weighted by Crippen LogP contribution is 2.34. The van der Waals surface area contributed by atoms with Crippen LogP contribution in [0.25, 0.3) is 0 Å². The number of amides is 1. The van der Waals surface area contributed by atoms with E-state index in [0.29, 0.717) is 12.2 Å². The van der Waals surface area contributed by atoms with Gasteiger partial charge in [0, 0.05) is 19.0 Å². The highest BCUT2D eigenvalue weighted by Gasteiger charge is 2.34. The van der Waals surface area contributed by atoms with Gasteiger partial charge in [0.25, 0.3) is 5.91 Å². The van der Waals surface area contributed by atoms with Gasteiger partial charge >= 0.3 is 0 Å². The first-order chi connectivity index (χ1) is 11.5. The minimum atomic E-state index is -1.09. The summed E-state index contributed by atoms with van der Waals surface area (Å²) in [6, 6.07) is 3.29. The molecule has 1 aromatic heterocycles. The highest BCUT2D eigenvalue weighted by molar-refractivity contribution is 6.33. The molecule has 1 atom stereocenters. The molecule has 24 heavy (non-hydrogen) atoms. The van der Waals surface area contributed by atoms with Gasteiger partial charge in [0.05, 0.1) is 16.6 Å². The van der Waals surface area contributed by atoms with E-state index in [2.05, 4.69) is 5.16 Å². The van der Waals surface area contributed by atoms with E-state index in [0.717, 1.165) is 43.6 Å². The van der Waals surface area contributed by atoms with E-state index in [-0.39, 0.29) is 16.6 Å². The predicted octanol–water partition coefficient (Wildman–Crippen LogP) is 4.54. The molecule has 0 spiro atoms. The molecule has 0 radical (unpaired) electrons. The zero-order chi connectivity index (χ0) is 17.3. The zero-order valence-corrected chi connectivity index (χ0v) is 13.9. The second-order valence-electron chi connectivity index (χ2n) is 5.87. The molecular weight excluding hydrogens is 338 g/mol. The van der Waals surface area contributed by atoms with Gasteiger partial charge in [-0.1, -0.05) is 23.7 Å². The first kappa shape index (κ1) is 16.9. The number of carbonyl (C=O) groups is 1. The predicted molar refractivity (Wildman–Crippen MR) is 84.9 cm³/mol. The Labute approximate surface area is 143 Å². The molecule has 128 valence electrons. The van der Waals surface area contributed by atoms with E-state index in [1.165, 1.54) is 0 Å². The maximum absolute atomic E-state index is 13.5. The molecule has 1 amide bonds. The molecule has 0 bridgehead atoms. The first-order valence-electron chi connectivity index (χ1n) is 7.92. The van der Waals surface area contributed by atoms with E-state index in [1.807, 2.05) is 13.0 Å². The molecule has 2 heterocycles. The number of nitrogens with zero attached hydrogens (tertiary/aromatic N) is 2. The second-order valence-corrected chi connectivity index (χ2v) is 6.28. The summed E-state index contributed by atoms with van der Waals surface area (Å²) in [5, 5.41) is 3.96. The van der Waals surface area contributed by atoms with E-state index in [9.17, 15) is 13.6 Å². The Hall–Kier alpha value is -1.95. The Morgan fingerprint density at radius 2 is 2.12 bits per heavy atom. The first-order valence-corrected chi connectivity index (χ1v) is 8.30. The molecule has 1 saturated heterocycles. The van der Waals surface area contributed by atoms with Crippen molar-refractivity contribution in [3.05, 3.63) is 51.9 Å². The van der Waals surface area contributed by atoms with Crippen molar-refractivity contribution in [2.45, 2.75) is 38.6 Å². The van der Waals surface area contributed by atoms with Crippen LogP contribution in [0.2, 0.25) is 5.02 Å². The Balaban J connectivity index is 1.87. The molecule has 1 aliphatic rings. The fourth-order valence-corrected chi connectivity index (χ4v) is 3.24. The van der Waals surface area contributed by atoms with Gasteiger partial charge in [-0.2, -0.15) is 0 Å². The summed E-state index contributed by atoms with van der Waals surface area (Å²) in [6.07, 6.45) is 3.26. The molecule has 4 nitrogen and oxygen atoms in total. The lowest BCUT2D eigenvalue weighted by atomic mass is 10.1. The molecule has 0 N–H and O–H groups in total. The van der Waals surface area contributed by atoms with Crippen LogP contribution < -0.4 is 0 Å². The number of carbonyl (C=O) groups excluding carboxylic acids is 1. The van der Waals surface area contributed by atoms with E-state index in [1.54, 1.807) is 4.90 Å². The smallest absolute Gasteiger partial charge is 0.256 e. The summed E-state index contributed by atoms with van der Waals surface area (Å²) < 4.78 is 32.0. The Bertz CT molecular complexity index is 763. The lowest BCUT2D eigenvalue weighted by molar-refractivity contribution is 0.0730. The topological polar surface area (TPSA) is 46.3 Å². The molecule has 7 heteroatoms. The van der Waals surface area contributed by atoms with Crippen LogP contribution in [0.3, 0.4) is 0 Å². The van der Waals surface area contributed by atoms with Gasteiger partial charge in [-0.05, 0) is 31.4 Å². The number of aromatic nitrogens is 1. The molecule has 1 aromatic carbocycles. The number of hydrogen-bond acceptors (Lipinski definition) is 3. The van der Waals surface area contributed by atoms with E-state index < -0.39 is 17.5 Å². The number of benzene rings is 1. The fraction of sp³-hybridized carbons (Fsp3) is 0.412. The van der Waals surface area contributed by atoms with Gasteiger partial charge in [-0.3, -0.25) is 4.79 Å². The summed E-state index contributed by atoms with van der Waals surface area (Å²) in [4.78, 5) is 14.3. The fourth-order valence-electron chi connectivity index (χ4n) is 3.01. The lowest BCUT2D eigenvalue weighted by Gasteiger charge is -2.23. The number of likely N-dealkylation sites (tertiary alicyclic amines) is 1. The number of rotatable bonds is 4. The van der Waals surface area contributed by atoms with Gasteiger partial charge < -0.3 is 9.42 Å². The SMILES string of the molecule is CCCc1cc([C@H]2CCCN2C(=O)c2cc(F)c(F)cc2Cl)no1. The summed E-state index contributed by atoms with van der Waals surface area (Å²) in [7, 11) is 0. The minimum absolute atomic E-state index is 0.0419.